The van der Waals surface area contributed by atoms with Crippen LogP contribution >= 0.6 is 0 Å². The molecule has 1 heterocycles. The summed E-state index contributed by atoms with van der Waals surface area (Å²) in [6.07, 6.45) is 3.42. The molecule has 1 aromatic rings. The zero-order valence-electron chi connectivity index (χ0n) is 8.88. The van der Waals surface area contributed by atoms with E-state index in [0.29, 0.717) is 13.1 Å². The zero-order valence-corrected chi connectivity index (χ0v) is 8.88. The van der Waals surface area contributed by atoms with Crippen LogP contribution in [-0.2, 0) is 11.3 Å². The lowest BCUT2D eigenvalue weighted by molar-refractivity contribution is -0.138. The van der Waals surface area contributed by atoms with Crippen LogP contribution in [0.25, 0.3) is 0 Å². The third-order valence-electron chi connectivity index (χ3n) is 1.90. The van der Waals surface area contributed by atoms with Gasteiger partial charge in [0, 0.05) is 18.9 Å². The smallest absolute Gasteiger partial charge is 0.325 e. The topological polar surface area (TPSA) is 96.3 Å². The fourth-order valence-electron chi connectivity index (χ4n) is 1.03. The Morgan fingerprint density at radius 2 is 2.31 bits per heavy atom. The minimum atomic E-state index is -1.07. The summed E-state index contributed by atoms with van der Waals surface area (Å²) in [5.41, 5.74) is 0. The van der Waals surface area contributed by atoms with Crippen LogP contribution in [0.15, 0.2) is 18.5 Å². The normalized spacial score (nSPS) is 11.8. The first-order valence-electron chi connectivity index (χ1n) is 4.84. The Hall–Kier alpha value is -2.05. The van der Waals surface area contributed by atoms with Crippen LogP contribution in [0.2, 0.25) is 0 Å². The SMILES string of the molecule is C[C@@H](NC(=O)NCCn1cccn1)C(=O)O. The molecule has 0 aromatic carbocycles. The van der Waals surface area contributed by atoms with Crippen LogP contribution in [0.5, 0.6) is 0 Å². The number of carboxylic acid groups (broad SMARTS) is 1. The Labute approximate surface area is 92.4 Å². The quantitative estimate of drug-likeness (QED) is 0.639. The Morgan fingerprint density at radius 1 is 1.56 bits per heavy atom. The van der Waals surface area contributed by atoms with Crippen molar-refractivity contribution in [3.8, 4) is 0 Å². The lowest BCUT2D eigenvalue weighted by atomic mass is 10.3. The number of nitrogens with zero attached hydrogens (tertiary/aromatic N) is 2. The highest BCUT2D eigenvalue weighted by Gasteiger charge is 2.12. The van der Waals surface area contributed by atoms with E-state index in [4.69, 9.17) is 5.11 Å². The molecule has 1 atom stereocenters. The van der Waals surface area contributed by atoms with E-state index in [0.717, 1.165) is 0 Å². The summed E-state index contributed by atoms with van der Waals surface area (Å²) in [4.78, 5) is 21.6. The minimum absolute atomic E-state index is 0.389. The summed E-state index contributed by atoms with van der Waals surface area (Å²) < 4.78 is 1.67. The Kier molecular flexibility index (Phi) is 4.31. The minimum Gasteiger partial charge on any atom is -0.480 e. The number of urea groups is 1. The number of carbonyl (C=O) groups excluding carboxylic acids is 1. The summed E-state index contributed by atoms with van der Waals surface area (Å²) in [5.74, 6) is -1.07. The maximum absolute atomic E-state index is 11.2. The molecule has 16 heavy (non-hydrogen) atoms. The molecular weight excluding hydrogens is 212 g/mol. The number of nitrogens with one attached hydrogen (secondary N) is 2. The van der Waals surface area contributed by atoms with Crippen LogP contribution in [-0.4, -0.2) is 39.5 Å². The third-order valence-corrected chi connectivity index (χ3v) is 1.90. The second kappa shape index (κ2) is 5.74. The molecule has 0 aliphatic heterocycles. The lowest BCUT2D eigenvalue weighted by Gasteiger charge is -2.10. The number of carboxylic acids is 1. The first-order chi connectivity index (χ1) is 7.59. The second-order valence-corrected chi connectivity index (χ2v) is 3.23. The van der Waals surface area contributed by atoms with Crippen molar-refractivity contribution in [2.24, 2.45) is 0 Å². The summed E-state index contributed by atoms with van der Waals surface area (Å²) in [7, 11) is 0. The van der Waals surface area contributed by atoms with Gasteiger partial charge in [0.2, 0.25) is 0 Å². The van der Waals surface area contributed by atoms with Crippen LogP contribution in [0.4, 0.5) is 4.79 Å². The largest absolute Gasteiger partial charge is 0.480 e. The number of hydrogen-bond acceptors (Lipinski definition) is 3. The molecule has 7 nitrogen and oxygen atoms in total. The van der Waals surface area contributed by atoms with Gasteiger partial charge in [-0.3, -0.25) is 9.48 Å². The molecule has 1 aromatic heterocycles. The number of carbonyl (C=O) groups is 2. The molecule has 0 bridgehead atoms. The predicted molar refractivity (Wildman–Crippen MR) is 55.9 cm³/mol. The average molecular weight is 226 g/mol. The molecule has 7 heteroatoms. The molecule has 0 saturated carbocycles. The summed E-state index contributed by atoms with van der Waals surface area (Å²) in [5, 5.41) is 17.3. The molecule has 0 fully saturated rings. The molecule has 3 N–H and O–H groups in total. The standard InChI is InChI=1S/C9H14N4O3/c1-7(8(14)15)12-9(16)10-4-6-13-5-2-3-11-13/h2-3,5,7H,4,6H2,1H3,(H,14,15)(H2,10,12,16)/t7-/m1/s1. The van der Waals surface area contributed by atoms with E-state index in [2.05, 4.69) is 15.7 Å². The maximum Gasteiger partial charge on any atom is 0.325 e. The molecule has 2 amide bonds. The van der Waals surface area contributed by atoms with E-state index in [1.807, 2.05) is 0 Å². The van der Waals surface area contributed by atoms with Crippen molar-refractivity contribution in [3.63, 3.8) is 0 Å². The summed E-state index contributed by atoms with van der Waals surface area (Å²) in [6, 6.07) is 0.388. The lowest BCUT2D eigenvalue weighted by Crippen LogP contribution is -2.45. The van der Waals surface area contributed by atoms with Gasteiger partial charge in [0.1, 0.15) is 6.04 Å². The molecule has 0 aliphatic rings. The molecule has 88 valence electrons. The van der Waals surface area contributed by atoms with E-state index in [1.165, 1.54) is 6.92 Å². The average Bonchev–Trinajstić information content (AvgIpc) is 2.70. The van der Waals surface area contributed by atoms with Crippen LogP contribution in [0.1, 0.15) is 6.92 Å². The Bertz CT molecular complexity index is 350. The third kappa shape index (κ3) is 3.99. The van der Waals surface area contributed by atoms with Crippen molar-refractivity contribution in [1.29, 1.82) is 0 Å². The first-order valence-corrected chi connectivity index (χ1v) is 4.84. The van der Waals surface area contributed by atoms with Gasteiger partial charge in [-0.25, -0.2) is 4.79 Å². The van der Waals surface area contributed by atoms with E-state index in [-0.39, 0.29) is 0 Å². The van der Waals surface area contributed by atoms with E-state index in [1.54, 1.807) is 23.1 Å². The van der Waals surface area contributed by atoms with Crippen molar-refractivity contribution >= 4 is 12.0 Å². The summed E-state index contributed by atoms with van der Waals surface area (Å²) in [6.45, 7) is 2.33. The Morgan fingerprint density at radius 3 is 2.88 bits per heavy atom. The van der Waals surface area contributed by atoms with Gasteiger partial charge < -0.3 is 15.7 Å². The van der Waals surface area contributed by atoms with Crippen LogP contribution < -0.4 is 10.6 Å². The molecule has 0 saturated heterocycles. The molecule has 0 unspecified atom stereocenters. The van der Waals surface area contributed by atoms with Gasteiger partial charge in [-0.1, -0.05) is 0 Å². The van der Waals surface area contributed by atoms with Crippen molar-refractivity contribution < 1.29 is 14.7 Å². The fraction of sp³-hybridized carbons (Fsp3) is 0.444. The van der Waals surface area contributed by atoms with Gasteiger partial charge >= 0.3 is 12.0 Å². The predicted octanol–water partition coefficient (Wildman–Crippen LogP) is -0.345. The fourth-order valence-corrected chi connectivity index (χ4v) is 1.03. The van der Waals surface area contributed by atoms with Gasteiger partial charge in [0.25, 0.3) is 0 Å². The number of rotatable bonds is 5. The Balaban J connectivity index is 2.18. The highest BCUT2D eigenvalue weighted by molar-refractivity contribution is 5.82. The maximum atomic E-state index is 11.2. The van der Waals surface area contributed by atoms with Crippen molar-refractivity contribution in [3.05, 3.63) is 18.5 Å². The van der Waals surface area contributed by atoms with Gasteiger partial charge in [-0.05, 0) is 13.0 Å². The van der Waals surface area contributed by atoms with Crippen LogP contribution in [0, 0.1) is 0 Å². The highest BCUT2D eigenvalue weighted by atomic mass is 16.4. The van der Waals surface area contributed by atoms with E-state index in [9.17, 15) is 9.59 Å². The highest BCUT2D eigenvalue weighted by Crippen LogP contribution is 1.83. The number of amides is 2. The molecular formula is C9H14N4O3. The first kappa shape index (κ1) is 12.0. The van der Waals surface area contributed by atoms with Crippen molar-refractivity contribution in [2.45, 2.75) is 19.5 Å². The van der Waals surface area contributed by atoms with Gasteiger partial charge in [0.05, 0.1) is 6.54 Å². The van der Waals surface area contributed by atoms with Crippen LogP contribution in [0.3, 0.4) is 0 Å². The number of aliphatic carboxylic acids is 1. The van der Waals surface area contributed by atoms with Gasteiger partial charge in [-0.15, -0.1) is 0 Å². The number of aromatic nitrogens is 2. The van der Waals surface area contributed by atoms with Crippen molar-refractivity contribution in [2.75, 3.05) is 6.54 Å². The van der Waals surface area contributed by atoms with E-state index >= 15 is 0 Å². The van der Waals surface area contributed by atoms with Gasteiger partial charge in [0.15, 0.2) is 0 Å². The van der Waals surface area contributed by atoms with E-state index < -0.39 is 18.0 Å². The molecule has 0 spiro atoms. The zero-order chi connectivity index (χ0) is 12.0. The second-order valence-electron chi connectivity index (χ2n) is 3.23. The van der Waals surface area contributed by atoms with Crippen molar-refractivity contribution in [1.82, 2.24) is 20.4 Å². The number of hydrogen-bond donors (Lipinski definition) is 3. The summed E-state index contributed by atoms with van der Waals surface area (Å²) >= 11 is 0. The molecule has 0 radical (unpaired) electrons. The van der Waals surface area contributed by atoms with Gasteiger partial charge in [-0.2, -0.15) is 5.10 Å². The molecule has 0 aliphatic carbocycles. The monoisotopic (exact) mass is 226 g/mol. The molecule has 1 rings (SSSR count).